The number of rotatable bonds is 4. The Labute approximate surface area is 115 Å². The van der Waals surface area contributed by atoms with E-state index in [9.17, 15) is 31.5 Å². The number of nitrogens with one attached hydrogen (secondary N) is 1. The van der Waals surface area contributed by atoms with Gasteiger partial charge in [-0.15, -0.1) is 0 Å². The van der Waals surface area contributed by atoms with Gasteiger partial charge in [0, 0.05) is 6.54 Å². The molecule has 1 rings (SSSR count). The Balaban J connectivity index is 2.68. The van der Waals surface area contributed by atoms with Crippen molar-refractivity contribution in [3.05, 3.63) is 35.4 Å². The lowest BCUT2D eigenvalue weighted by atomic mass is 10.1. The van der Waals surface area contributed by atoms with E-state index in [0.717, 1.165) is 7.11 Å². The van der Waals surface area contributed by atoms with Gasteiger partial charge in [0.1, 0.15) is 0 Å². The molecule has 1 amide bonds. The van der Waals surface area contributed by atoms with Crippen LogP contribution >= 0.6 is 0 Å². The van der Waals surface area contributed by atoms with Gasteiger partial charge in [-0.1, -0.05) is 12.1 Å². The first-order valence-electron chi connectivity index (χ1n) is 5.49. The molecule has 0 aliphatic heterocycles. The van der Waals surface area contributed by atoms with Gasteiger partial charge in [-0.25, -0.2) is 4.79 Å². The molecule has 1 aromatic carbocycles. The number of ether oxygens (including phenoxy) is 1. The second-order valence-corrected chi connectivity index (χ2v) is 3.94. The Hall–Kier alpha value is -2.19. The van der Waals surface area contributed by atoms with Gasteiger partial charge in [0.2, 0.25) is 0 Å². The lowest BCUT2D eigenvalue weighted by Crippen LogP contribution is -2.50. The van der Waals surface area contributed by atoms with Crippen LogP contribution in [0.15, 0.2) is 24.3 Å². The molecule has 0 spiro atoms. The number of esters is 1. The Morgan fingerprint density at radius 1 is 1.10 bits per heavy atom. The van der Waals surface area contributed by atoms with Gasteiger partial charge in [-0.3, -0.25) is 4.79 Å². The molecule has 0 aliphatic rings. The van der Waals surface area contributed by atoms with E-state index in [2.05, 4.69) is 4.74 Å². The van der Waals surface area contributed by atoms with E-state index < -0.39 is 30.5 Å². The van der Waals surface area contributed by atoms with Crippen LogP contribution in [0, 0.1) is 0 Å². The Morgan fingerprint density at radius 2 is 1.62 bits per heavy atom. The molecule has 0 saturated carbocycles. The third kappa shape index (κ3) is 3.89. The van der Waals surface area contributed by atoms with Crippen molar-refractivity contribution in [1.29, 1.82) is 0 Å². The van der Waals surface area contributed by atoms with Crippen LogP contribution in [0.1, 0.15) is 15.9 Å². The summed E-state index contributed by atoms with van der Waals surface area (Å²) in [5.41, 5.74) is 0.419. The molecule has 4 nitrogen and oxygen atoms in total. The maximum absolute atomic E-state index is 12.6. The molecule has 0 aliphatic carbocycles. The van der Waals surface area contributed by atoms with Crippen LogP contribution < -0.4 is 5.32 Å². The van der Waals surface area contributed by atoms with Crippen LogP contribution in [-0.2, 0) is 16.1 Å². The highest BCUT2D eigenvalue weighted by molar-refractivity contribution is 5.89. The van der Waals surface area contributed by atoms with E-state index in [0.29, 0.717) is 0 Å². The highest BCUT2D eigenvalue weighted by Crippen LogP contribution is 2.35. The van der Waals surface area contributed by atoms with Crippen LogP contribution in [-0.4, -0.2) is 31.1 Å². The third-order valence-electron chi connectivity index (χ3n) is 2.47. The molecule has 0 unspecified atom stereocenters. The number of hydrogen-bond acceptors (Lipinski definition) is 3. The molecule has 1 N–H and O–H groups in total. The first kappa shape index (κ1) is 16.9. The Kier molecular flexibility index (Phi) is 4.87. The number of carbonyl (C=O) groups excluding carboxylic acids is 2. The molecule has 21 heavy (non-hydrogen) atoms. The number of hydrogen-bond donors (Lipinski definition) is 1. The first-order valence-corrected chi connectivity index (χ1v) is 5.49. The van der Waals surface area contributed by atoms with Crippen molar-refractivity contribution >= 4 is 11.9 Å². The highest BCUT2D eigenvalue weighted by Gasteiger charge is 2.63. The van der Waals surface area contributed by atoms with Gasteiger partial charge >= 0.3 is 24.0 Å². The summed E-state index contributed by atoms with van der Waals surface area (Å²) in [7, 11) is 1.16. The standard InChI is InChI=1S/C12H10F5NO3/c1-21-9(19)8-4-2-7(3-5-8)6-18-10(20)11(13,14)12(15,16)17/h2-5H,6H2,1H3,(H,18,20). The molecule has 9 heteroatoms. The number of benzene rings is 1. The summed E-state index contributed by atoms with van der Waals surface area (Å²) in [5, 5.41) is 1.48. The number of carbonyl (C=O) groups is 2. The van der Waals surface area contributed by atoms with Crippen LogP contribution in [0.2, 0.25) is 0 Å². The van der Waals surface area contributed by atoms with Gasteiger partial charge in [0.15, 0.2) is 0 Å². The molecular weight excluding hydrogens is 301 g/mol. The quantitative estimate of drug-likeness (QED) is 0.685. The third-order valence-corrected chi connectivity index (χ3v) is 2.47. The van der Waals surface area contributed by atoms with Crippen LogP contribution in [0.25, 0.3) is 0 Å². The van der Waals surface area contributed by atoms with Gasteiger partial charge < -0.3 is 10.1 Å². The van der Waals surface area contributed by atoms with E-state index in [1.807, 2.05) is 0 Å². The topological polar surface area (TPSA) is 55.4 Å². The molecule has 1 aromatic rings. The van der Waals surface area contributed by atoms with Gasteiger partial charge in [0.05, 0.1) is 12.7 Å². The lowest BCUT2D eigenvalue weighted by Gasteiger charge is -2.18. The van der Waals surface area contributed by atoms with E-state index in [1.165, 1.54) is 29.6 Å². The Bertz CT molecular complexity index is 525. The Morgan fingerprint density at radius 3 is 2.05 bits per heavy atom. The van der Waals surface area contributed by atoms with Crippen molar-refractivity contribution in [2.75, 3.05) is 7.11 Å². The van der Waals surface area contributed by atoms with Crippen molar-refractivity contribution in [1.82, 2.24) is 5.32 Å². The molecule has 0 fully saturated rings. The second-order valence-electron chi connectivity index (χ2n) is 3.94. The molecule has 116 valence electrons. The van der Waals surface area contributed by atoms with Crippen molar-refractivity contribution in [3.8, 4) is 0 Å². The minimum Gasteiger partial charge on any atom is -0.465 e. The van der Waals surface area contributed by atoms with E-state index in [-0.39, 0.29) is 11.1 Å². The van der Waals surface area contributed by atoms with Gasteiger partial charge in [-0.2, -0.15) is 22.0 Å². The largest absolute Gasteiger partial charge is 0.465 e. The zero-order valence-corrected chi connectivity index (χ0v) is 10.6. The van der Waals surface area contributed by atoms with E-state index >= 15 is 0 Å². The predicted molar refractivity (Wildman–Crippen MR) is 60.6 cm³/mol. The monoisotopic (exact) mass is 311 g/mol. The summed E-state index contributed by atoms with van der Waals surface area (Å²) in [6.45, 7) is -0.536. The maximum Gasteiger partial charge on any atom is 0.463 e. The summed E-state index contributed by atoms with van der Waals surface area (Å²) < 4.78 is 65.5. The van der Waals surface area contributed by atoms with Crippen molar-refractivity contribution in [3.63, 3.8) is 0 Å². The average molecular weight is 311 g/mol. The zero-order valence-electron chi connectivity index (χ0n) is 10.6. The molecule has 0 bridgehead atoms. The van der Waals surface area contributed by atoms with E-state index in [1.54, 1.807) is 0 Å². The summed E-state index contributed by atoms with van der Waals surface area (Å²) in [5.74, 6) is -8.53. The molecule has 0 aromatic heterocycles. The maximum atomic E-state index is 12.6. The molecule has 0 radical (unpaired) electrons. The minimum atomic E-state index is -5.95. The fourth-order valence-electron chi connectivity index (χ4n) is 1.30. The number of methoxy groups -OCH3 is 1. The SMILES string of the molecule is COC(=O)c1ccc(CNC(=O)C(F)(F)C(F)(F)F)cc1. The molecule has 0 heterocycles. The smallest absolute Gasteiger partial charge is 0.463 e. The van der Waals surface area contributed by atoms with Crippen molar-refractivity contribution in [2.45, 2.75) is 18.6 Å². The average Bonchev–Trinajstić information content (AvgIpc) is 2.43. The summed E-state index contributed by atoms with van der Waals surface area (Å²) >= 11 is 0. The normalized spacial score (nSPS) is 11.9. The van der Waals surface area contributed by atoms with Crippen LogP contribution in [0.5, 0.6) is 0 Å². The zero-order chi connectivity index (χ0) is 16.3. The first-order chi connectivity index (χ1) is 9.59. The lowest BCUT2D eigenvalue weighted by molar-refractivity contribution is -0.269. The molecule has 0 saturated heterocycles. The summed E-state index contributed by atoms with van der Waals surface area (Å²) in [6, 6.07) is 5.15. The minimum absolute atomic E-state index is 0.174. The fourth-order valence-corrected chi connectivity index (χ4v) is 1.30. The van der Waals surface area contributed by atoms with Crippen LogP contribution in [0.3, 0.4) is 0 Å². The van der Waals surface area contributed by atoms with Gasteiger partial charge in [-0.05, 0) is 17.7 Å². The number of halogens is 5. The van der Waals surface area contributed by atoms with Crippen molar-refractivity contribution < 1.29 is 36.3 Å². The number of amides is 1. The fraction of sp³-hybridized carbons (Fsp3) is 0.333. The second kappa shape index (κ2) is 6.06. The van der Waals surface area contributed by atoms with Crippen molar-refractivity contribution in [2.24, 2.45) is 0 Å². The van der Waals surface area contributed by atoms with E-state index in [4.69, 9.17) is 0 Å². The van der Waals surface area contributed by atoms with Gasteiger partial charge in [0.25, 0.3) is 0 Å². The number of alkyl halides is 5. The molecular formula is C12H10F5NO3. The van der Waals surface area contributed by atoms with Crippen LogP contribution in [0.4, 0.5) is 22.0 Å². The predicted octanol–water partition coefficient (Wildman–Crippen LogP) is 2.29. The molecule has 0 atom stereocenters. The summed E-state index contributed by atoms with van der Waals surface area (Å²) in [6.07, 6.45) is -5.95. The highest BCUT2D eigenvalue weighted by atomic mass is 19.4. The summed E-state index contributed by atoms with van der Waals surface area (Å²) in [4.78, 5) is 22.0.